The van der Waals surface area contributed by atoms with Gasteiger partial charge in [-0.05, 0) is 55.0 Å². The summed E-state index contributed by atoms with van der Waals surface area (Å²) in [5.41, 5.74) is 3.99. The van der Waals surface area contributed by atoms with Crippen LogP contribution in [0.2, 0.25) is 0 Å². The molecule has 5 aromatic rings. The summed E-state index contributed by atoms with van der Waals surface area (Å²) >= 11 is 3.17. The van der Waals surface area contributed by atoms with Crippen molar-refractivity contribution >= 4 is 45.2 Å². The van der Waals surface area contributed by atoms with Crippen LogP contribution in [0.1, 0.15) is 11.1 Å². The molecular weight excluding hydrogens is 384 g/mol. The van der Waals surface area contributed by atoms with E-state index in [1.807, 2.05) is 30.3 Å². The van der Waals surface area contributed by atoms with Crippen LogP contribution < -0.4 is 10.1 Å². The Balaban J connectivity index is 1.48. The van der Waals surface area contributed by atoms with Gasteiger partial charge in [-0.15, -0.1) is 0 Å². The highest BCUT2D eigenvalue weighted by Gasteiger charge is 2.10. The minimum absolute atomic E-state index is 0.00759. The maximum absolute atomic E-state index is 12.8. The number of hydrogen-bond acceptors (Lipinski definition) is 4. The molecule has 0 aliphatic rings. The molecule has 0 saturated carbocycles. The third kappa shape index (κ3) is 3.13. The molecule has 0 bridgehead atoms. The summed E-state index contributed by atoms with van der Waals surface area (Å²) in [4.78, 5) is 20.5. The molecule has 5 rings (SSSR count). The second kappa shape index (κ2) is 6.93. The van der Waals surface area contributed by atoms with Crippen LogP contribution in [0, 0.1) is 6.92 Å². The normalized spacial score (nSPS) is 12.2. The first-order valence-corrected chi connectivity index (χ1v) is 10.6. The van der Waals surface area contributed by atoms with Crippen LogP contribution >= 0.6 is 23.1 Å². The highest BCUT2D eigenvalue weighted by Crippen LogP contribution is 2.28. The second-order valence-electron chi connectivity index (χ2n) is 6.62. The van der Waals surface area contributed by atoms with Crippen molar-refractivity contribution in [2.75, 3.05) is 0 Å². The maximum atomic E-state index is 12.8. The van der Waals surface area contributed by atoms with Crippen LogP contribution in [0.25, 0.3) is 22.1 Å². The average molecular weight is 401 g/mol. The van der Waals surface area contributed by atoms with Crippen LogP contribution in [-0.4, -0.2) is 9.38 Å². The number of rotatable bonds is 3. The van der Waals surface area contributed by atoms with E-state index in [0.29, 0.717) is 4.53 Å². The molecule has 0 fully saturated rings. The molecule has 0 atom stereocenters. The molecule has 136 valence electrons. The van der Waals surface area contributed by atoms with Gasteiger partial charge < -0.3 is 0 Å². The van der Waals surface area contributed by atoms with Crippen molar-refractivity contribution in [1.82, 2.24) is 9.38 Å². The number of nitrogens with zero attached hydrogens (tertiary/aromatic N) is 2. The fraction of sp³-hybridized carbons (Fsp3) is 0.0435. The molecule has 0 aliphatic carbocycles. The molecule has 0 amide bonds. The van der Waals surface area contributed by atoms with Crippen LogP contribution in [0.5, 0.6) is 0 Å². The van der Waals surface area contributed by atoms with Crippen molar-refractivity contribution in [2.24, 2.45) is 0 Å². The smallest absolute Gasteiger partial charge is 0.267 e. The van der Waals surface area contributed by atoms with Crippen LogP contribution in [0.4, 0.5) is 0 Å². The summed E-state index contributed by atoms with van der Waals surface area (Å²) in [6.07, 6.45) is 1.94. The summed E-state index contributed by atoms with van der Waals surface area (Å²) in [6.45, 7) is 2.09. The Morgan fingerprint density at radius 3 is 2.36 bits per heavy atom. The Labute approximate surface area is 170 Å². The van der Waals surface area contributed by atoms with Crippen LogP contribution in [0.15, 0.2) is 87.4 Å². The quantitative estimate of drug-likeness (QED) is 0.431. The lowest BCUT2D eigenvalue weighted by Gasteiger charge is -2.02. The van der Waals surface area contributed by atoms with Crippen molar-refractivity contribution in [3.8, 4) is 0 Å². The molecule has 5 heteroatoms. The average Bonchev–Trinajstić information content (AvgIpc) is 3.22. The molecule has 0 N–H and O–H groups in total. The Bertz CT molecular complexity index is 1400. The van der Waals surface area contributed by atoms with Crippen molar-refractivity contribution in [2.45, 2.75) is 16.7 Å². The molecule has 0 radical (unpaired) electrons. The predicted octanol–water partition coefficient (Wildman–Crippen LogP) is 4.92. The van der Waals surface area contributed by atoms with Gasteiger partial charge in [0.2, 0.25) is 0 Å². The number of hydrogen-bond donors (Lipinski definition) is 0. The molecule has 2 heterocycles. The van der Waals surface area contributed by atoms with Crippen molar-refractivity contribution in [3.05, 3.63) is 98.8 Å². The highest BCUT2D eigenvalue weighted by atomic mass is 32.2. The lowest BCUT2D eigenvalue weighted by molar-refractivity contribution is 1.19. The Morgan fingerprint density at radius 2 is 1.61 bits per heavy atom. The molecule has 28 heavy (non-hydrogen) atoms. The molecule has 3 nitrogen and oxygen atoms in total. The van der Waals surface area contributed by atoms with E-state index in [1.165, 1.54) is 26.7 Å². The number of thiazole rings is 1. The monoisotopic (exact) mass is 400 g/mol. The summed E-state index contributed by atoms with van der Waals surface area (Å²) in [5, 5.41) is 0. The van der Waals surface area contributed by atoms with E-state index in [0.717, 1.165) is 21.6 Å². The Hall–Kier alpha value is -2.89. The Morgan fingerprint density at radius 1 is 0.929 bits per heavy atom. The molecule has 0 saturated heterocycles. The minimum atomic E-state index is -0.00759. The topological polar surface area (TPSA) is 34.4 Å². The first-order chi connectivity index (χ1) is 13.7. The number of aryl methyl sites for hydroxylation is 1. The van der Waals surface area contributed by atoms with Gasteiger partial charge in [-0.1, -0.05) is 65.1 Å². The second-order valence-corrected chi connectivity index (χ2v) is 8.77. The van der Waals surface area contributed by atoms with Crippen molar-refractivity contribution in [3.63, 3.8) is 0 Å². The number of fused-ring (bicyclic) bond motifs is 3. The van der Waals surface area contributed by atoms with E-state index in [2.05, 4.69) is 60.4 Å². The van der Waals surface area contributed by atoms with Crippen molar-refractivity contribution < 1.29 is 0 Å². The largest absolute Gasteiger partial charge is 0.274 e. The first-order valence-electron chi connectivity index (χ1n) is 8.94. The van der Waals surface area contributed by atoms with Gasteiger partial charge in [0, 0.05) is 9.79 Å². The number of benzene rings is 3. The van der Waals surface area contributed by atoms with Crippen molar-refractivity contribution in [1.29, 1.82) is 0 Å². The van der Waals surface area contributed by atoms with Gasteiger partial charge >= 0.3 is 0 Å². The molecular formula is C23H16N2OS2. The SMILES string of the molecule is Cc1ccc(Sc2ccc(/C=c3\sc4nc5ccccc5n4c3=O)cc2)cc1. The van der Waals surface area contributed by atoms with E-state index in [1.54, 1.807) is 16.2 Å². The summed E-state index contributed by atoms with van der Waals surface area (Å²) in [7, 11) is 0. The van der Waals surface area contributed by atoms with Gasteiger partial charge in [0.25, 0.3) is 5.56 Å². The molecule has 0 spiro atoms. The zero-order valence-electron chi connectivity index (χ0n) is 15.1. The molecule has 3 aromatic carbocycles. The third-order valence-electron chi connectivity index (χ3n) is 4.58. The van der Waals surface area contributed by atoms with Gasteiger partial charge in [-0.2, -0.15) is 0 Å². The van der Waals surface area contributed by atoms with E-state index >= 15 is 0 Å². The van der Waals surface area contributed by atoms with Gasteiger partial charge in [0.05, 0.1) is 15.6 Å². The minimum Gasteiger partial charge on any atom is -0.267 e. The van der Waals surface area contributed by atoms with Crippen LogP contribution in [0.3, 0.4) is 0 Å². The summed E-state index contributed by atoms with van der Waals surface area (Å²) in [5.74, 6) is 0. The molecule has 2 aromatic heterocycles. The van der Waals surface area contributed by atoms with E-state index in [-0.39, 0.29) is 5.56 Å². The summed E-state index contributed by atoms with van der Waals surface area (Å²) < 4.78 is 2.40. The zero-order chi connectivity index (χ0) is 19.1. The third-order valence-corrected chi connectivity index (χ3v) is 6.56. The number of imidazole rings is 1. The van der Waals surface area contributed by atoms with Gasteiger partial charge in [-0.25, -0.2) is 9.38 Å². The lowest BCUT2D eigenvalue weighted by atomic mass is 10.2. The van der Waals surface area contributed by atoms with Crippen LogP contribution in [-0.2, 0) is 0 Å². The van der Waals surface area contributed by atoms with Gasteiger partial charge in [-0.3, -0.25) is 4.79 Å². The number of para-hydroxylation sites is 2. The van der Waals surface area contributed by atoms with Gasteiger partial charge in [0.15, 0.2) is 4.96 Å². The van der Waals surface area contributed by atoms with E-state index in [9.17, 15) is 4.79 Å². The standard InChI is InChI=1S/C23H16N2OS2/c1-15-6-10-17(11-7-15)27-18-12-8-16(9-13-18)14-21-22(26)25-20-5-3-2-4-19(20)24-23(25)28-21/h2-14H,1H3/b21-14-. The molecule has 0 unspecified atom stereocenters. The summed E-state index contributed by atoms with van der Waals surface area (Å²) in [6, 6.07) is 24.5. The van der Waals surface area contributed by atoms with Gasteiger partial charge in [0.1, 0.15) is 0 Å². The maximum Gasteiger partial charge on any atom is 0.274 e. The highest BCUT2D eigenvalue weighted by molar-refractivity contribution is 7.99. The molecule has 0 aliphatic heterocycles. The van der Waals surface area contributed by atoms with E-state index in [4.69, 9.17) is 0 Å². The number of aromatic nitrogens is 2. The Kier molecular flexibility index (Phi) is 4.26. The zero-order valence-corrected chi connectivity index (χ0v) is 16.8. The first kappa shape index (κ1) is 17.2. The fourth-order valence-corrected chi connectivity index (χ4v) is 4.94. The fourth-order valence-electron chi connectivity index (χ4n) is 3.14. The predicted molar refractivity (Wildman–Crippen MR) is 117 cm³/mol. The van der Waals surface area contributed by atoms with E-state index < -0.39 is 0 Å². The lowest BCUT2D eigenvalue weighted by Crippen LogP contribution is -2.22.